The Bertz CT molecular complexity index is 258. The number of hydrogen-bond donors (Lipinski definition) is 1. The first-order chi connectivity index (χ1) is 5.22. The lowest BCUT2D eigenvalue weighted by atomic mass is 10.2. The minimum absolute atomic E-state index is 1.04. The quantitative estimate of drug-likeness (QED) is 0.669. The van der Waals surface area contributed by atoms with Gasteiger partial charge in [-0.1, -0.05) is 5.57 Å². The summed E-state index contributed by atoms with van der Waals surface area (Å²) in [6.07, 6.45) is 1.04. The van der Waals surface area contributed by atoms with Gasteiger partial charge in [-0.3, -0.25) is 0 Å². The maximum atomic E-state index is 4.10. The first-order valence-corrected chi connectivity index (χ1v) is 4.91. The van der Waals surface area contributed by atoms with E-state index in [4.69, 9.17) is 0 Å². The van der Waals surface area contributed by atoms with E-state index in [1.165, 1.54) is 15.3 Å². The summed E-state index contributed by atoms with van der Waals surface area (Å²) in [6, 6.07) is 4.34. The highest BCUT2D eigenvalue weighted by atomic mass is 32.1. The van der Waals surface area contributed by atoms with Crippen molar-refractivity contribution in [1.82, 2.24) is 0 Å². The van der Waals surface area contributed by atoms with Crippen LogP contribution in [-0.4, -0.2) is 0 Å². The molecule has 2 heteroatoms. The molecule has 0 atom stereocenters. The Hall–Kier alpha value is -0.210. The van der Waals surface area contributed by atoms with Crippen molar-refractivity contribution in [2.24, 2.45) is 0 Å². The summed E-state index contributed by atoms with van der Waals surface area (Å²) in [4.78, 5) is 2.80. The standard InChI is InChI=1S/C9H12S2/c1-7(6-10)5-9-4-3-8(2)11-9/h3-4,6,10H,5H2,1-2H3/b7-6+. The predicted molar refractivity (Wildman–Crippen MR) is 55.5 cm³/mol. The van der Waals surface area contributed by atoms with Gasteiger partial charge in [-0.05, 0) is 31.4 Å². The van der Waals surface area contributed by atoms with Crippen LogP contribution in [0.2, 0.25) is 0 Å². The molecule has 0 aliphatic rings. The van der Waals surface area contributed by atoms with Crippen LogP contribution in [0.15, 0.2) is 23.1 Å². The third-order valence-electron chi connectivity index (χ3n) is 1.47. The van der Waals surface area contributed by atoms with Crippen LogP contribution in [0.4, 0.5) is 0 Å². The molecular weight excluding hydrogens is 172 g/mol. The van der Waals surface area contributed by atoms with Gasteiger partial charge >= 0.3 is 0 Å². The fourth-order valence-corrected chi connectivity index (χ4v) is 1.98. The van der Waals surface area contributed by atoms with Crippen LogP contribution >= 0.6 is 24.0 Å². The van der Waals surface area contributed by atoms with Crippen LogP contribution in [0, 0.1) is 6.92 Å². The first-order valence-electron chi connectivity index (χ1n) is 3.57. The summed E-state index contributed by atoms with van der Waals surface area (Å²) in [5.74, 6) is 0. The number of thiophene rings is 1. The maximum Gasteiger partial charge on any atom is 0.00887 e. The van der Waals surface area contributed by atoms with E-state index in [9.17, 15) is 0 Å². The second kappa shape index (κ2) is 3.98. The van der Waals surface area contributed by atoms with Gasteiger partial charge in [0.05, 0.1) is 0 Å². The summed E-state index contributed by atoms with van der Waals surface area (Å²) in [5.41, 5.74) is 1.31. The summed E-state index contributed by atoms with van der Waals surface area (Å²) in [7, 11) is 0. The molecule has 0 N–H and O–H groups in total. The van der Waals surface area contributed by atoms with Gasteiger partial charge in [0.25, 0.3) is 0 Å². The summed E-state index contributed by atoms with van der Waals surface area (Å²) in [5, 5.41) is 1.87. The summed E-state index contributed by atoms with van der Waals surface area (Å²) >= 11 is 5.95. The Morgan fingerprint density at radius 3 is 2.82 bits per heavy atom. The van der Waals surface area contributed by atoms with Gasteiger partial charge in [0.2, 0.25) is 0 Å². The van der Waals surface area contributed by atoms with Crippen LogP contribution in [0.1, 0.15) is 16.7 Å². The largest absolute Gasteiger partial charge is 0.151 e. The molecule has 1 aromatic heterocycles. The predicted octanol–water partition coefficient (Wildman–Crippen LogP) is 3.43. The van der Waals surface area contributed by atoms with Gasteiger partial charge in [0.15, 0.2) is 0 Å². The maximum absolute atomic E-state index is 4.10. The number of aryl methyl sites for hydroxylation is 1. The molecule has 1 heterocycles. The van der Waals surface area contributed by atoms with E-state index < -0.39 is 0 Å². The highest BCUT2D eigenvalue weighted by Gasteiger charge is 1.96. The van der Waals surface area contributed by atoms with Crippen molar-refractivity contribution >= 4 is 24.0 Å². The Morgan fingerprint density at radius 1 is 1.64 bits per heavy atom. The van der Waals surface area contributed by atoms with Crippen molar-refractivity contribution in [2.45, 2.75) is 20.3 Å². The smallest absolute Gasteiger partial charge is 0.00887 e. The van der Waals surface area contributed by atoms with Crippen molar-refractivity contribution in [3.8, 4) is 0 Å². The Kier molecular flexibility index (Phi) is 3.21. The highest BCUT2D eigenvalue weighted by molar-refractivity contribution is 7.83. The molecule has 0 spiro atoms. The molecule has 60 valence electrons. The van der Waals surface area contributed by atoms with E-state index in [0.717, 1.165) is 6.42 Å². The van der Waals surface area contributed by atoms with Crippen LogP contribution in [0.5, 0.6) is 0 Å². The molecule has 11 heavy (non-hydrogen) atoms. The van der Waals surface area contributed by atoms with E-state index in [-0.39, 0.29) is 0 Å². The number of hydrogen-bond acceptors (Lipinski definition) is 2. The van der Waals surface area contributed by atoms with Crippen molar-refractivity contribution in [3.63, 3.8) is 0 Å². The fraction of sp³-hybridized carbons (Fsp3) is 0.333. The van der Waals surface area contributed by atoms with Gasteiger partial charge in [-0.25, -0.2) is 0 Å². The monoisotopic (exact) mass is 184 g/mol. The Labute approximate surface area is 77.4 Å². The lowest BCUT2D eigenvalue weighted by Crippen LogP contribution is -1.79. The fourth-order valence-electron chi connectivity index (χ4n) is 0.901. The third-order valence-corrected chi connectivity index (χ3v) is 2.91. The van der Waals surface area contributed by atoms with Crippen molar-refractivity contribution < 1.29 is 0 Å². The van der Waals surface area contributed by atoms with Crippen molar-refractivity contribution in [2.75, 3.05) is 0 Å². The molecule has 1 aromatic rings. The van der Waals surface area contributed by atoms with Crippen LogP contribution in [-0.2, 0) is 6.42 Å². The average Bonchev–Trinajstić information content (AvgIpc) is 2.35. The van der Waals surface area contributed by atoms with Gasteiger partial charge in [-0.2, -0.15) is 12.6 Å². The normalized spacial score (nSPS) is 12.1. The number of thiol groups is 1. The van der Waals surface area contributed by atoms with Gasteiger partial charge in [-0.15, -0.1) is 11.3 Å². The number of allylic oxidation sites excluding steroid dienone is 1. The average molecular weight is 184 g/mol. The van der Waals surface area contributed by atoms with E-state index in [1.54, 1.807) is 0 Å². The van der Waals surface area contributed by atoms with E-state index >= 15 is 0 Å². The minimum Gasteiger partial charge on any atom is -0.151 e. The second-order valence-electron chi connectivity index (χ2n) is 2.66. The third kappa shape index (κ3) is 2.72. The zero-order chi connectivity index (χ0) is 8.27. The Balaban J connectivity index is 2.65. The lowest BCUT2D eigenvalue weighted by molar-refractivity contribution is 1.19. The molecule has 0 nitrogen and oxygen atoms in total. The van der Waals surface area contributed by atoms with Crippen molar-refractivity contribution in [3.05, 3.63) is 32.9 Å². The van der Waals surface area contributed by atoms with Gasteiger partial charge < -0.3 is 0 Å². The first kappa shape index (κ1) is 8.88. The molecule has 0 aliphatic carbocycles. The molecule has 1 rings (SSSR count). The minimum atomic E-state index is 1.04. The molecule has 0 aromatic carbocycles. The molecular formula is C9H12S2. The second-order valence-corrected chi connectivity index (χ2v) is 4.30. The van der Waals surface area contributed by atoms with Crippen LogP contribution in [0.25, 0.3) is 0 Å². The van der Waals surface area contributed by atoms with Crippen molar-refractivity contribution in [1.29, 1.82) is 0 Å². The van der Waals surface area contributed by atoms with Crippen LogP contribution in [0.3, 0.4) is 0 Å². The molecule has 0 bridgehead atoms. The molecule has 0 aliphatic heterocycles. The molecule has 0 fully saturated rings. The molecule has 0 radical (unpaired) electrons. The summed E-state index contributed by atoms with van der Waals surface area (Å²) < 4.78 is 0. The Morgan fingerprint density at radius 2 is 2.36 bits per heavy atom. The van der Waals surface area contributed by atoms with Gasteiger partial charge in [0, 0.05) is 16.2 Å². The zero-order valence-electron chi connectivity index (χ0n) is 6.79. The van der Waals surface area contributed by atoms with E-state index in [2.05, 4.69) is 38.6 Å². The highest BCUT2D eigenvalue weighted by Crippen LogP contribution is 2.18. The molecule has 0 unspecified atom stereocenters. The SMILES string of the molecule is C/C(=C\S)Cc1ccc(C)s1. The number of rotatable bonds is 2. The van der Waals surface area contributed by atoms with E-state index in [1.807, 2.05) is 16.7 Å². The molecule has 0 amide bonds. The summed E-state index contributed by atoms with van der Waals surface area (Å²) in [6.45, 7) is 4.23. The zero-order valence-corrected chi connectivity index (χ0v) is 8.51. The van der Waals surface area contributed by atoms with Gasteiger partial charge in [0.1, 0.15) is 0 Å². The topological polar surface area (TPSA) is 0 Å². The van der Waals surface area contributed by atoms with E-state index in [0.29, 0.717) is 0 Å². The lowest BCUT2D eigenvalue weighted by Gasteiger charge is -1.94. The van der Waals surface area contributed by atoms with Crippen LogP contribution < -0.4 is 0 Å². The molecule has 0 saturated heterocycles. The molecule has 0 saturated carbocycles.